The molecule has 0 spiro atoms. The van der Waals surface area contributed by atoms with Gasteiger partial charge in [-0.05, 0) is 29.7 Å². The van der Waals surface area contributed by atoms with Crippen molar-refractivity contribution in [3.05, 3.63) is 95.6 Å². The summed E-state index contributed by atoms with van der Waals surface area (Å²) in [5.41, 5.74) is 2.82. The molecule has 1 unspecified atom stereocenters. The number of benzene rings is 3. The molecule has 0 fully saturated rings. The highest BCUT2D eigenvalue weighted by atomic mass is 16.5. The summed E-state index contributed by atoms with van der Waals surface area (Å²) < 4.78 is 12.1. The summed E-state index contributed by atoms with van der Waals surface area (Å²) in [5.74, 6) is 1.43. The second-order valence-electron chi connectivity index (χ2n) is 6.41. The molecule has 0 aliphatic carbocycles. The van der Waals surface area contributed by atoms with E-state index in [0.29, 0.717) is 36.5 Å². The fourth-order valence-corrected chi connectivity index (χ4v) is 3.17. The number of Topliss-reactive ketones (excluding diaryl/α,β-unsaturated/α-hetero) is 1. The summed E-state index contributed by atoms with van der Waals surface area (Å²) in [6.45, 7) is 0.482. The second-order valence-corrected chi connectivity index (χ2v) is 6.41. The van der Waals surface area contributed by atoms with Gasteiger partial charge in [0.2, 0.25) is 0 Å². The van der Waals surface area contributed by atoms with Gasteiger partial charge in [0.15, 0.2) is 5.78 Å². The number of ether oxygens (including phenoxy) is 2. The van der Waals surface area contributed by atoms with Gasteiger partial charge >= 0.3 is 0 Å². The molecule has 3 aromatic rings. The summed E-state index contributed by atoms with van der Waals surface area (Å²) >= 11 is 0. The van der Waals surface area contributed by atoms with Gasteiger partial charge in [0.25, 0.3) is 0 Å². The largest absolute Gasteiger partial charge is 0.489 e. The van der Waals surface area contributed by atoms with Crippen molar-refractivity contribution in [1.29, 1.82) is 0 Å². The van der Waals surface area contributed by atoms with Crippen LogP contribution in [0, 0.1) is 0 Å². The maximum absolute atomic E-state index is 12.5. The Morgan fingerprint density at radius 2 is 1.65 bits per heavy atom. The van der Waals surface area contributed by atoms with Crippen LogP contribution in [0.2, 0.25) is 0 Å². The van der Waals surface area contributed by atoms with Gasteiger partial charge in [-0.25, -0.2) is 0 Å². The lowest BCUT2D eigenvalue weighted by molar-refractivity contribution is 0.0977. The molecule has 0 saturated carbocycles. The zero-order chi connectivity index (χ0) is 17.8. The van der Waals surface area contributed by atoms with Crippen LogP contribution in [0.15, 0.2) is 78.9 Å². The number of carbonyl (C=O) groups excluding carboxylic acids is 1. The zero-order valence-corrected chi connectivity index (χ0v) is 14.4. The highest BCUT2D eigenvalue weighted by Gasteiger charge is 2.24. The standard InChI is InChI=1S/C23H20O3/c24-21-13-14-22(18-9-5-2-6-10-18)26-23-15-19(11-12-20(21)23)25-16-17-7-3-1-4-8-17/h1-12,15,22H,13-14,16H2. The molecule has 0 aromatic heterocycles. The molecule has 0 N–H and O–H groups in total. The van der Waals surface area contributed by atoms with Gasteiger partial charge in [-0.15, -0.1) is 0 Å². The molecule has 0 amide bonds. The molecule has 0 bridgehead atoms. The Bertz CT molecular complexity index is 888. The second kappa shape index (κ2) is 7.44. The smallest absolute Gasteiger partial charge is 0.166 e. The average Bonchev–Trinajstić information content (AvgIpc) is 2.87. The van der Waals surface area contributed by atoms with Crippen molar-refractivity contribution >= 4 is 5.78 Å². The number of hydrogen-bond acceptors (Lipinski definition) is 3. The van der Waals surface area contributed by atoms with Crippen molar-refractivity contribution < 1.29 is 14.3 Å². The van der Waals surface area contributed by atoms with E-state index in [0.717, 1.165) is 11.1 Å². The van der Waals surface area contributed by atoms with Crippen LogP contribution in [0.1, 0.15) is 40.4 Å². The quantitative estimate of drug-likeness (QED) is 0.639. The van der Waals surface area contributed by atoms with Gasteiger partial charge in [0.05, 0.1) is 5.56 Å². The molecule has 4 rings (SSSR count). The highest BCUT2D eigenvalue weighted by molar-refractivity contribution is 5.99. The van der Waals surface area contributed by atoms with Crippen LogP contribution in [-0.2, 0) is 6.61 Å². The van der Waals surface area contributed by atoms with Crippen LogP contribution in [-0.4, -0.2) is 5.78 Å². The molecule has 0 saturated heterocycles. The van der Waals surface area contributed by atoms with Crippen molar-refractivity contribution in [2.24, 2.45) is 0 Å². The minimum absolute atomic E-state index is 0.119. The maximum Gasteiger partial charge on any atom is 0.166 e. The van der Waals surface area contributed by atoms with Gasteiger partial charge < -0.3 is 9.47 Å². The Labute approximate surface area is 153 Å². The predicted octanol–water partition coefficient (Wildman–Crippen LogP) is 5.36. The van der Waals surface area contributed by atoms with Crippen LogP contribution in [0.3, 0.4) is 0 Å². The normalized spacial score (nSPS) is 16.3. The van der Waals surface area contributed by atoms with E-state index in [-0.39, 0.29) is 11.9 Å². The summed E-state index contributed by atoms with van der Waals surface area (Å²) in [6.07, 6.45) is 1.04. The number of fused-ring (bicyclic) bond motifs is 1. The van der Waals surface area contributed by atoms with E-state index < -0.39 is 0 Å². The third-order valence-electron chi connectivity index (χ3n) is 4.58. The third-order valence-corrected chi connectivity index (χ3v) is 4.58. The zero-order valence-electron chi connectivity index (χ0n) is 14.4. The first kappa shape index (κ1) is 16.4. The van der Waals surface area contributed by atoms with Gasteiger partial charge in [-0.1, -0.05) is 60.7 Å². The number of hydrogen-bond donors (Lipinski definition) is 0. The third kappa shape index (κ3) is 3.62. The molecular formula is C23H20O3. The van der Waals surface area contributed by atoms with Crippen molar-refractivity contribution in [2.75, 3.05) is 0 Å². The van der Waals surface area contributed by atoms with Crippen LogP contribution in [0.5, 0.6) is 11.5 Å². The van der Waals surface area contributed by atoms with Gasteiger partial charge in [-0.2, -0.15) is 0 Å². The summed E-state index contributed by atoms with van der Waals surface area (Å²) in [7, 11) is 0. The van der Waals surface area contributed by atoms with Crippen molar-refractivity contribution in [2.45, 2.75) is 25.6 Å². The van der Waals surface area contributed by atoms with Crippen LogP contribution in [0.4, 0.5) is 0 Å². The lowest BCUT2D eigenvalue weighted by Gasteiger charge is -2.18. The SMILES string of the molecule is O=C1CCC(c2ccccc2)Oc2cc(OCc3ccccc3)ccc21. The molecule has 3 heteroatoms. The summed E-state index contributed by atoms with van der Waals surface area (Å²) in [5, 5.41) is 0. The fraction of sp³-hybridized carbons (Fsp3) is 0.174. The summed E-state index contributed by atoms with van der Waals surface area (Å²) in [6, 6.07) is 25.5. The first-order valence-electron chi connectivity index (χ1n) is 8.85. The van der Waals surface area contributed by atoms with Gasteiger partial charge in [0.1, 0.15) is 24.2 Å². The molecule has 1 heterocycles. The Kier molecular flexibility index (Phi) is 4.69. The number of rotatable bonds is 4. The van der Waals surface area contributed by atoms with E-state index in [1.165, 1.54) is 0 Å². The first-order chi connectivity index (χ1) is 12.8. The Balaban J connectivity index is 1.56. The van der Waals surface area contributed by atoms with Crippen molar-refractivity contribution in [3.8, 4) is 11.5 Å². The van der Waals surface area contributed by atoms with E-state index in [9.17, 15) is 4.79 Å². The van der Waals surface area contributed by atoms with Crippen molar-refractivity contribution in [3.63, 3.8) is 0 Å². The molecule has 0 radical (unpaired) electrons. The Hall–Kier alpha value is -3.07. The van der Waals surface area contributed by atoms with Crippen LogP contribution < -0.4 is 9.47 Å². The van der Waals surface area contributed by atoms with E-state index in [4.69, 9.17) is 9.47 Å². The minimum Gasteiger partial charge on any atom is -0.489 e. The topological polar surface area (TPSA) is 35.5 Å². The number of carbonyl (C=O) groups is 1. The van der Waals surface area contributed by atoms with Crippen LogP contribution >= 0.6 is 0 Å². The maximum atomic E-state index is 12.5. The molecule has 3 nitrogen and oxygen atoms in total. The fourth-order valence-electron chi connectivity index (χ4n) is 3.17. The lowest BCUT2D eigenvalue weighted by atomic mass is 10.0. The van der Waals surface area contributed by atoms with Crippen LogP contribution in [0.25, 0.3) is 0 Å². The minimum atomic E-state index is -0.120. The molecule has 1 aliphatic heterocycles. The highest BCUT2D eigenvalue weighted by Crippen LogP contribution is 2.35. The average molecular weight is 344 g/mol. The molecule has 1 aliphatic rings. The van der Waals surface area contributed by atoms with E-state index in [1.807, 2.05) is 78.9 Å². The Morgan fingerprint density at radius 3 is 2.42 bits per heavy atom. The number of ketones is 1. The van der Waals surface area contributed by atoms with E-state index in [2.05, 4.69) is 0 Å². The van der Waals surface area contributed by atoms with E-state index >= 15 is 0 Å². The molecule has 26 heavy (non-hydrogen) atoms. The molecule has 1 atom stereocenters. The summed E-state index contributed by atoms with van der Waals surface area (Å²) in [4.78, 5) is 12.5. The monoisotopic (exact) mass is 344 g/mol. The lowest BCUT2D eigenvalue weighted by Crippen LogP contribution is -2.06. The van der Waals surface area contributed by atoms with E-state index in [1.54, 1.807) is 0 Å². The van der Waals surface area contributed by atoms with Crippen molar-refractivity contribution in [1.82, 2.24) is 0 Å². The molecule has 130 valence electrons. The Morgan fingerprint density at radius 1 is 0.923 bits per heavy atom. The van der Waals surface area contributed by atoms with Gasteiger partial charge in [-0.3, -0.25) is 4.79 Å². The molecule has 3 aromatic carbocycles. The molecular weight excluding hydrogens is 324 g/mol. The van der Waals surface area contributed by atoms with Gasteiger partial charge in [0, 0.05) is 12.5 Å². The predicted molar refractivity (Wildman–Crippen MR) is 101 cm³/mol. The first-order valence-corrected chi connectivity index (χ1v) is 8.85.